The Hall–Kier alpha value is -3.42. The first-order chi connectivity index (χ1) is 11.5. The SMILES string of the molecule is COc1cc2c(=O)oc3c(OC)c(O)cc4c(=O)oc(c1O)c2c34. The van der Waals surface area contributed by atoms with Crippen molar-refractivity contribution < 1.29 is 28.5 Å². The second-order valence-corrected chi connectivity index (χ2v) is 5.14. The molecule has 122 valence electrons. The number of phenols is 2. The Balaban J connectivity index is 2.46. The summed E-state index contributed by atoms with van der Waals surface area (Å²) in [4.78, 5) is 24.6. The van der Waals surface area contributed by atoms with Gasteiger partial charge in [0.05, 0.1) is 25.0 Å². The molecular formula is C16H10O8. The average molecular weight is 330 g/mol. The van der Waals surface area contributed by atoms with Crippen molar-refractivity contribution in [1.82, 2.24) is 0 Å². The summed E-state index contributed by atoms with van der Waals surface area (Å²) in [5, 5.41) is 20.7. The van der Waals surface area contributed by atoms with Crippen molar-refractivity contribution in [2.24, 2.45) is 0 Å². The fraction of sp³-hybridized carbons (Fsp3) is 0.125. The highest BCUT2D eigenvalue weighted by atomic mass is 16.5. The molecule has 0 saturated heterocycles. The zero-order chi connectivity index (χ0) is 17.2. The van der Waals surface area contributed by atoms with Gasteiger partial charge in [-0.1, -0.05) is 0 Å². The maximum atomic E-state index is 12.3. The molecule has 2 aromatic carbocycles. The minimum atomic E-state index is -0.816. The fourth-order valence-electron chi connectivity index (χ4n) is 2.91. The van der Waals surface area contributed by atoms with Crippen molar-refractivity contribution >= 4 is 32.7 Å². The van der Waals surface area contributed by atoms with Crippen LogP contribution in [-0.4, -0.2) is 24.4 Å². The summed E-state index contributed by atoms with van der Waals surface area (Å²) in [7, 11) is 2.59. The Kier molecular flexibility index (Phi) is 2.69. The molecule has 0 fully saturated rings. The minimum absolute atomic E-state index is 0.00545. The van der Waals surface area contributed by atoms with Crippen LogP contribution in [0.2, 0.25) is 0 Å². The van der Waals surface area contributed by atoms with Crippen LogP contribution in [0.25, 0.3) is 32.7 Å². The summed E-state index contributed by atoms with van der Waals surface area (Å²) < 4.78 is 20.5. The van der Waals surface area contributed by atoms with Crippen molar-refractivity contribution in [1.29, 1.82) is 0 Å². The quantitative estimate of drug-likeness (QED) is 0.422. The molecular weight excluding hydrogens is 320 g/mol. The normalized spacial score (nSPS) is 11.6. The van der Waals surface area contributed by atoms with Gasteiger partial charge in [0.2, 0.25) is 11.5 Å². The summed E-state index contributed by atoms with van der Waals surface area (Å²) in [6.45, 7) is 0. The van der Waals surface area contributed by atoms with Crippen LogP contribution in [0.1, 0.15) is 0 Å². The Morgan fingerprint density at radius 1 is 0.875 bits per heavy atom. The molecule has 8 nitrogen and oxygen atoms in total. The maximum Gasteiger partial charge on any atom is 0.344 e. The van der Waals surface area contributed by atoms with Crippen LogP contribution in [0, 0.1) is 0 Å². The molecule has 0 atom stereocenters. The number of aromatic hydroxyl groups is 2. The van der Waals surface area contributed by atoms with E-state index < -0.39 is 17.0 Å². The molecule has 0 aliphatic heterocycles. The molecule has 2 heterocycles. The lowest BCUT2D eigenvalue weighted by Crippen LogP contribution is -2.08. The molecule has 0 saturated carbocycles. The topological polar surface area (TPSA) is 119 Å². The van der Waals surface area contributed by atoms with E-state index in [4.69, 9.17) is 18.3 Å². The summed E-state index contributed by atoms with van der Waals surface area (Å²) >= 11 is 0. The summed E-state index contributed by atoms with van der Waals surface area (Å²) in [5.41, 5.74) is -1.88. The minimum Gasteiger partial charge on any atom is -0.504 e. The van der Waals surface area contributed by atoms with E-state index in [0.29, 0.717) is 0 Å². The average Bonchev–Trinajstić information content (AvgIpc) is 2.55. The lowest BCUT2D eigenvalue weighted by Gasteiger charge is -2.13. The number of hydrogen-bond donors (Lipinski definition) is 2. The standard InChI is InChI=1S/C16H10O8/c1-21-8-4-6-9-10-5(15(19)23-13(9)11(8)18)3-7(17)12(22-2)14(10)24-16(6)20/h3-4,17-18H,1-2H3. The molecule has 0 aliphatic carbocycles. The van der Waals surface area contributed by atoms with Crippen molar-refractivity contribution in [3.63, 3.8) is 0 Å². The van der Waals surface area contributed by atoms with Crippen molar-refractivity contribution in [3.8, 4) is 23.0 Å². The molecule has 0 spiro atoms. The first-order valence-electron chi connectivity index (χ1n) is 6.80. The first-order valence-corrected chi connectivity index (χ1v) is 6.80. The van der Waals surface area contributed by atoms with Gasteiger partial charge < -0.3 is 28.5 Å². The van der Waals surface area contributed by atoms with Crippen molar-refractivity contribution in [2.75, 3.05) is 14.2 Å². The molecule has 4 aromatic rings. The van der Waals surface area contributed by atoms with Crippen LogP contribution in [-0.2, 0) is 0 Å². The second kappa shape index (κ2) is 4.54. The van der Waals surface area contributed by atoms with Gasteiger partial charge in [0.25, 0.3) is 0 Å². The van der Waals surface area contributed by atoms with E-state index in [1.165, 1.54) is 20.3 Å². The molecule has 8 heteroatoms. The monoisotopic (exact) mass is 330 g/mol. The number of methoxy groups -OCH3 is 2. The lowest BCUT2D eigenvalue weighted by molar-refractivity contribution is 0.367. The molecule has 0 unspecified atom stereocenters. The van der Waals surface area contributed by atoms with Gasteiger partial charge in [0.15, 0.2) is 22.7 Å². The maximum absolute atomic E-state index is 12.3. The summed E-state index contributed by atoms with van der Waals surface area (Å²) in [6.07, 6.45) is 0. The first kappa shape index (κ1) is 14.2. The predicted molar refractivity (Wildman–Crippen MR) is 83.7 cm³/mol. The van der Waals surface area contributed by atoms with Gasteiger partial charge in [-0.3, -0.25) is 0 Å². The summed E-state index contributed by atoms with van der Waals surface area (Å²) in [6, 6.07) is 2.45. The van der Waals surface area contributed by atoms with E-state index in [9.17, 15) is 19.8 Å². The highest BCUT2D eigenvalue weighted by molar-refractivity contribution is 6.22. The van der Waals surface area contributed by atoms with E-state index in [0.717, 1.165) is 6.07 Å². The number of benzene rings is 2. The van der Waals surface area contributed by atoms with Gasteiger partial charge in [-0.05, 0) is 12.1 Å². The number of rotatable bonds is 2. The third kappa shape index (κ3) is 1.56. The van der Waals surface area contributed by atoms with Crippen LogP contribution in [0.15, 0.2) is 30.6 Å². The van der Waals surface area contributed by atoms with Gasteiger partial charge in [-0.25, -0.2) is 9.59 Å². The van der Waals surface area contributed by atoms with Crippen LogP contribution in [0.3, 0.4) is 0 Å². The van der Waals surface area contributed by atoms with Gasteiger partial charge in [-0.15, -0.1) is 0 Å². The number of hydrogen-bond acceptors (Lipinski definition) is 8. The van der Waals surface area contributed by atoms with Crippen LogP contribution in [0.5, 0.6) is 23.0 Å². The third-order valence-corrected chi connectivity index (χ3v) is 3.94. The Labute approximate surface area is 132 Å². The van der Waals surface area contributed by atoms with E-state index in [1.54, 1.807) is 0 Å². The smallest absolute Gasteiger partial charge is 0.344 e. The molecule has 0 bridgehead atoms. The van der Waals surface area contributed by atoms with Crippen LogP contribution < -0.4 is 20.7 Å². The molecule has 2 aromatic heterocycles. The zero-order valence-corrected chi connectivity index (χ0v) is 12.5. The van der Waals surface area contributed by atoms with Crippen molar-refractivity contribution in [2.45, 2.75) is 0 Å². The van der Waals surface area contributed by atoms with Crippen LogP contribution in [0.4, 0.5) is 0 Å². The lowest BCUT2D eigenvalue weighted by atomic mass is 10.0. The largest absolute Gasteiger partial charge is 0.504 e. The molecule has 4 rings (SSSR count). The van der Waals surface area contributed by atoms with E-state index in [1.807, 2.05) is 0 Å². The Morgan fingerprint density at radius 2 is 1.46 bits per heavy atom. The third-order valence-electron chi connectivity index (χ3n) is 3.94. The highest BCUT2D eigenvalue weighted by Crippen LogP contribution is 2.44. The van der Waals surface area contributed by atoms with E-state index in [2.05, 4.69) is 0 Å². The molecule has 0 amide bonds. The summed E-state index contributed by atoms with van der Waals surface area (Å²) in [5.74, 6) is -0.918. The molecule has 0 radical (unpaired) electrons. The van der Waals surface area contributed by atoms with Crippen LogP contribution >= 0.6 is 0 Å². The fourth-order valence-corrected chi connectivity index (χ4v) is 2.91. The Bertz CT molecular complexity index is 1230. The molecule has 24 heavy (non-hydrogen) atoms. The number of phenolic OH excluding ortho intramolecular Hbond substituents is 2. The second-order valence-electron chi connectivity index (χ2n) is 5.14. The van der Waals surface area contributed by atoms with Gasteiger partial charge in [0.1, 0.15) is 0 Å². The van der Waals surface area contributed by atoms with E-state index in [-0.39, 0.29) is 50.0 Å². The van der Waals surface area contributed by atoms with Gasteiger partial charge in [0, 0.05) is 10.8 Å². The highest BCUT2D eigenvalue weighted by Gasteiger charge is 2.25. The zero-order valence-electron chi connectivity index (χ0n) is 12.5. The Morgan fingerprint density at radius 3 is 2.08 bits per heavy atom. The van der Waals surface area contributed by atoms with Gasteiger partial charge in [-0.2, -0.15) is 0 Å². The van der Waals surface area contributed by atoms with Crippen molar-refractivity contribution in [3.05, 3.63) is 33.0 Å². The number of ether oxygens (including phenoxy) is 2. The molecule has 0 aliphatic rings. The van der Waals surface area contributed by atoms with E-state index >= 15 is 0 Å². The molecule has 2 N–H and O–H groups in total. The van der Waals surface area contributed by atoms with Gasteiger partial charge >= 0.3 is 11.3 Å². The predicted octanol–water partition coefficient (Wildman–Crippen LogP) is 1.92.